The van der Waals surface area contributed by atoms with Gasteiger partial charge in [-0.3, -0.25) is 4.98 Å². The van der Waals surface area contributed by atoms with E-state index in [-0.39, 0.29) is 6.04 Å². The minimum atomic E-state index is -0.0427. The molecule has 0 radical (unpaired) electrons. The highest BCUT2D eigenvalue weighted by atomic mass is 35.5. The molecule has 1 rings (SSSR count). The number of aromatic nitrogens is 1. The van der Waals surface area contributed by atoms with Crippen LogP contribution < -0.4 is 5.73 Å². The van der Waals surface area contributed by atoms with E-state index in [1.807, 2.05) is 6.07 Å². The second kappa shape index (κ2) is 5.64. The average molecular weight is 209 g/mol. The van der Waals surface area contributed by atoms with E-state index in [9.17, 15) is 0 Å². The van der Waals surface area contributed by atoms with Gasteiger partial charge in [0.25, 0.3) is 0 Å². The summed E-state index contributed by atoms with van der Waals surface area (Å²) >= 11 is 5.95. The van der Waals surface area contributed by atoms with Crippen molar-refractivity contribution >= 4 is 11.6 Å². The minimum absolute atomic E-state index is 0.0427. The number of rotatable bonds is 4. The second-order valence-electron chi connectivity index (χ2n) is 3.10. The first-order chi connectivity index (χ1) is 6.75. The number of hydrogen-bond acceptors (Lipinski definition) is 2. The molecule has 0 aliphatic rings. The molecule has 3 heteroatoms. The maximum Gasteiger partial charge on any atom is 0.0637 e. The highest BCUT2D eigenvalue weighted by molar-refractivity contribution is 6.31. The molecule has 0 bridgehead atoms. The Kier molecular flexibility index (Phi) is 4.45. The summed E-state index contributed by atoms with van der Waals surface area (Å²) in [5.74, 6) is 2.59. The van der Waals surface area contributed by atoms with E-state index in [1.54, 1.807) is 12.4 Å². The van der Waals surface area contributed by atoms with Crippen molar-refractivity contribution in [2.75, 3.05) is 0 Å². The first kappa shape index (κ1) is 11.0. The molecule has 0 spiro atoms. The summed E-state index contributed by atoms with van der Waals surface area (Å²) in [5.41, 5.74) is 6.90. The Hall–Kier alpha value is -1.04. The lowest BCUT2D eigenvalue weighted by Crippen LogP contribution is -2.10. The van der Waals surface area contributed by atoms with Crippen LogP contribution in [-0.4, -0.2) is 4.98 Å². The number of terminal acetylenes is 1. The first-order valence-corrected chi connectivity index (χ1v) is 4.92. The van der Waals surface area contributed by atoms with E-state index in [4.69, 9.17) is 23.8 Å². The van der Waals surface area contributed by atoms with Crippen molar-refractivity contribution in [1.82, 2.24) is 4.98 Å². The van der Waals surface area contributed by atoms with Crippen LogP contribution in [-0.2, 0) is 0 Å². The predicted octanol–water partition coefficient (Wildman–Crippen LogP) is 2.54. The van der Waals surface area contributed by atoms with E-state index < -0.39 is 0 Å². The molecular formula is C11H13ClN2. The zero-order chi connectivity index (χ0) is 10.4. The third-order valence-corrected chi connectivity index (χ3v) is 2.36. The van der Waals surface area contributed by atoms with Crippen LogP contribution in [0.3, 0.4) is 0 Å². The number of nitrogens with zero attached hydrogens (tertiary/aromatic N) is 1. The summed E-state index contributed by atoms with van der Waals surface area (Å²) in [6.45, 7) is 0. The van der Waals surface area contributed by atoms with Gasteiger partial charge in [0, 0.05) is 24.9 Å². The molecule has 1 atom stereocenters. The molecule has 1 unspecified atom stereocenters. The molecule has 14 heavy (non-hydrogen) atoms. The van der Waals surface area contributed by atoms with Gasteiger partial charge in [-0.1, -0.05) is 11.6 Å². The van der Waals surface area contributed by atoms with Gasteiger partial charge in [0.15, 0.2) is 0 Å². The van der Waals surface area contributed by atoms with Gasteiger partial charge in [-0.15, -0.1) is 12.3 Å². The van der Waals surface area contributed by atoms with Crippen molar-refractivity contribution < 1.29 is 0 Å². The van der Waals surface area contributed by atoms with Crippen LogP contribution in [0, 0.1) is 12.3 Å². The second-order valence-corrected chi connectivity index (χ2v) is 3.51. The molecule has 0 aliphatic carbocycles. The molecule has 1 heterocycles. The number of pyridine rings is 1. The lowest BCUT2D eigenvalue weighted by atomic mass is 10.0. The number of hydrogen-bond donors (Lipinski definition) is 1. The SMILES string of the molecule is C#CCCCC(N)c1ccncc1Cl. The van der Waals surface area contributed by atoms with E-state index in [1.165, 1.54) is 0 Å². The molecular weight excluding hydrogens is 196 g/mol. The van der Waals surface area contributed by atoms with Crippen LogP contribution >= 0.6 is 11.6 Å². The summed E-state index contributed by atoms with van der Waals surface area (Å²) in [4.78, 5) is 3.90. The Morgan fingerprint density at radius 1 is 1.64 bits per heavy atom. The highest BCUT2D eigenvalue weighted by Crippen LogP contribution is 2.23. The Balaban J connectivity index is 2.57. The third-order valence-electron chi connectivity index (χ3n) is 2.04. The summed E-state index contributed by atoms with van der Waals surface area (Å²) in [7, 11) is 0. The van der Waals surface area contributed by atoms with Gasteiger partial charge in [0.05, 0.1) is 5.02 Å². The maximum atomic E-state index is 5.96. The predicted molar refractivity (Wildman–Crippen MR) is 58.9 cm³/mol. The van der Waals surface area contributed by atoms with Gasteiger partial charge in [-0.25, -0.2) is 0 Å². The van der Waals surface area contributed by atoms with Crippen LogP contribution in [0.2, 0.25) is 5.02 Å². The zero-order valence-corrected chi connectivity index (χ0v) is 8.67. The molecule has 2 N–H and O–H groups in total. The van der Waals surface area contributed by atoms with Crippen molar-refractivity contribution in [2.24, 2.45) is 5.73 Å². The number of nitrogens with two attached hydrogens (primary N) is 1. The Bertz CT molecular complexity index is 330. The van der Waals surface area contributed by atoms with Gasteiger partial charge < -0.3 is 5.73 Å². The molecule has 74 valence electrons. The van der Waals surface area contributed by atoms with Crippen molar-refractivity contribution in [1.29, 1.82) is 0 Å². The molecule has 1 aromatic heterocycles. The fourth-order valence-electron chi connectivity index (χ4n) is 1.27. The van der Waals surface area contributed by atoms with Gasteiger partial charge in [0.2, 0.25) is 0 Å². The van der Waals surface area contributed by atoms with E-state index in [0.717, 1.165) is 24.8 Å². The smallest absolute Gasteiger partial charge is 0.0637 e. The Morgan fingerprint density at radius 3 is 3.07 bits per heavy atom. The van der Waals surface area contributed by atoms with E-state index in [2.05, 4.69) is 10.9 Å². The molecule has 2 nitrogen and oxygen atoms in total. The topological polar surface area (TPSA) is 38.9 Å². The van der Waals surface area contributed by atoms with Crippen molar-refractivity contribution in [2.45, 2.75) is 25.3 Å². The lowest BCUT2D eigenvalue weighted by molar-refractivity contribution is 0.620. The van der Waals surface area contributed by atoms with Crippen LogP contribution in [0.25, 0.3) is 0 Å². The fourth-order valence-corrected chi connectivity index (χ4v) is 1.53. The van der Waals surface area contributed by atoms with Gasteiger partial charge in [-0.2, -0.15) is 0 Å². The first-order valence-electron chi connectivity index (χ1n) is 4.54. The Labute approximate surface area is 89.5 Å². The molecule has 0 aliphatic heterocycles. The van der Waals surface area contributed by atoms with Crippen LogP contribution in [0.1, 0.15) is 30.9 Å². The zero-order valence-electron chi connectivity index (χ0n) is 7.91. The van der Waals surface area contributed by atoms with Crippen LogP contribution in [0.15, 0.2) is 18.5 Å². The molecule has 0 saturated heterocycles. The standard InChI is InChI=1S/C11H13ClN2/c1-2-3-4-5-11(13)9-6-7-14-8-10(9)12/h1,6-8,11H,3-5,13H2. The largest absolute Gasteiger partial charge is 0.324 e. The van der Waals surface area contributed by atoms with Crippen LogP contribution in [0.4, 0.5) is 0 Å². The lowest BCUT2D eigenvalue weighted by Gasteiger charge is -2.11. The van der Waals surface area contributed by atoms with Gasteiger partial charge in [-0.05, 0) is 24.5 Å². The van der Waals surface area contributed by atoms with Crippen molar-refractivity contribution in [3.63, 3.8) is 0 Å². The summed E-state index contributed by atoms with van der Waals surface area (Å²) < 4.78 is 0. The average Bonchev–Trinajstić information content (AvgIpc) is 2.18. The van der Waals surface area contributed by atoms with E-state index >= 15 is 0 Å². The van der Waals surface area contributed by atoms with Gasteiger partial charge in [0.1, 0.15) is 0 Å². The minimum Gasteiger partial charge on any atom is -0.324 e. The Morgan fingerprint density at radius 2 is 2.43 bits per heavy atom. The molecule has 0 aromatic carbocycles. The van der Waals surface area contributed by atoms with Crippen molar-refractivity contribution in [3.8, 4) is 12.3 Å². The van der Waals surface area contributed by atoms with Crippen molar-refractivity contribution in [3.05, 3.63) is 29.0 Å². The summed E-state index contributed by atoms with van der Waals surface area (Å²) in [5, 5.41) is 0.626. The molecule has 1 aromatic rings. The fraction of sp³-hybridized carbons (Fsp3) is 0.364. The number of unbranched alkanes of at least 4 members (excludes halogenated alkanes) is 1. The molecule has 0 saturated carbocycles. The summed E-state index contributed by atoms with van der Waals surface area (Å²) in [6.07, 6.45) is 11.0. The van der Waals surface area contributed by atoms with Gasteiger partial charge >= 0.3 is 0 Å². The monoisotopic (exact) mass is 208 g/mol. The molecule has 0 fully saturated rings. The number of halogens is 1. The summed E-state index contributed by atoms with van der Waals surface area (Å²) in [6, 6.07) is 1.81. The van der Waals surface area contributed by atoms with Crippen LogP contribution in [0.5, 0.6) is 0 Å². The highest BCUT2D eigenvalue weighted by Gasteiger charge is 2.08. The van der Waals surface area contributed by atoms with E-state index in [0.29, 0.717) is 5.02 Å². The quantitative estimate of drug-likeness (QED) is 0.610. The normalized spacial score (nSPS) is 12.1. The molecule has 0 amide bonds. The third kappa shape index (κ3) is 3.02. The maximum absolute atomic E-state index is 5.96.